The molecule has 1 unspecified atom stereocenters. The van der Waals surface area contributed by atoms with Gasteiger partial charge in [-0.05, 0) is 31.4 Å². The van der Waals surface area contributed by atoms with E-state index in [1.165, 1.54) is 0 Å². The standard InChI is InChI=1S/C16H25N3O3S/c1-13-6-3-4-8-15(13)17-10-9-16(20)19-11-5-7-14(12-19)18-23(2,21)22/h3-4,6,8,14,17-18H,5,7,9-12H2,1-2H3. The molecule has 1 aromatic rings. The van der Waals surface area contributed by atoms with E-state index < -0.39 is 10.0 Å². The lowest BCUT2D eigenvalue weighted by atomic mass is 10.1. The monoisotopic (exact) mass is 339 g/mol. The average molecular weight is 339 g/mol. The number of benzene rings is 1. The number of likely N-dealkylation sites (tertiary alicyclic amines) is 1. The summed E-state index contributed by atoms with van der Waals surface area (Å²) in [7, 11) is -3.23. The third-order valence-corrected chi connectivity index (χ3v) is 4.72. The summed E-state index contributed by atoms with van der Waals surface area (Å²) < 4.78 is 25.2. The van der Waals surface area contributed by atoms with E-state index in [1.54, 1.807) is 4.90 Å². The van der Waals surface area contributed by atoms with Gasteiger partial charge in [0.05, 0.1) is 6.26 Å². The first-order chi connectivity index (χ1) is 10.8. The van der Waals surface area contributed by atoms with Crippen molar-refractivity contribution in [3.8, 4) is 0 Å². The molecule has 1 saturated heterocycles. The maximum atomic E-state index is 12.3. The normalized spacial score (nSPS) is 18.7. The van der Waals surface area contributed by atoms with E-state index >= 15 is 0 Å². The summed E-state index contributed by atoms with van der Waals surface area (Å²) in [5.74, 6) is 0.0612. The average Bonchev–Trinajstić information content (AvgIpc) is 2.47. The second kappa shape index (κ2) is 7.79. The highest BCUT2D eigenvalue weighted by Crippen LogP contribution is 2.14. The number of rotatable bonds is 6. The summed E-state index contributed by atoms with van der Waals surface area (Å²) in [5.41, 5.74) is 2.19. The van der Waals surface area contributed by atoms with Crippen LogP contribution < -0.4 is 10.0 Å². The Labute approximate surface area is 138 Å². The van der Waals surface area contributed by atoms with Crippen LogP contribution in [0.4, 0.5) is 5.69 Å². The zero-order valence-electron chi connectivity index (χ0n) is 13.7. The molecule has 1 aromatic carbocycles. The third kappa shape index (κ3) is 5.84. The number of anilines is 1. The van der Waals surface area contributed by atoms with Crippen molar-refractivity contribution in [2.45, 2.75) is 32.2 Å². The van der Waals surface area contributed by atoms with Gasteiger partial charge in [-0.2, -0.15) is 0 Å². The molecule has 2 rings (SSSR count). The maximum absolute atomic E-state index is 12.3. The van der Waals surface area contributed by atoms with Gasteiger partial charge in [-0.3, -0.25) is 4.79 Å². The van der Waals surface area contributed by atoms with E-state index in [-0.39, 0.29) is 11.9 Å². The van der Waals surface area contributed by atoms with Crippen LogP contribution in [0.15, 0.2) is 24.3 Å². The molecular weight excluding hydrogens is 314 g/mol. The molecule has 1 aliphatic rings. The van der Waals surface area contributed by atoms with Gasteiger partial charge in [-0.25, -0.2) is 13.1 Å². The van der Waals surface area contributed by atoms with Gasteiger partial charge < -0.3 is 10.2 Å². The van der Waals surface area contributed by atoms with E-state index in [4.69, 9.17) is 0 Å². The van der Waals surface area contributed by atoms with Crippen molar-refractivity contribution in [2.75, 3.05) is 31.2 Å². The fourth-order valence-corrected chi connectivity index (χ4v) is 3.63. The highest BCUT2D eigenvalue weighted by atomic mass is 32.2. The van der Waals surface area contributed by atoms with E-state index in [2.05, 4.69) is 10.0 Å². The highest BCUT2D eigenvalue weighted by molar-refractivity contribution is 7.88. The summed E-state index contributed by atoms with van der Waals surface area (Å²) in [6.45, 7) is 3.75. The predicted molar refractivity (Wildman–Crippen MR) is 91.9 cm³/mol. The highest BCUT2D eigenvalue weighted by Gasteiger charge is 2.25. The van der Waals surface area contributed by atoms with Gasteiger partial charge in [-0.1, -0.05) is 18.2 Å². The van der Waals surface area contributed by atoms with Crippen molar-refractivity contribution in [2.24, 2.45) is 0 Å². The minimum absolute atomic E-state index is 0.0612. The summed E-state index contributed by atoms with van der Waals surface area (Å²) in [6.07, 6.45) is 3.16. The van der Waals surface area contributed by atoms with Gasteiger partial charge in [-0.15, -0.1) is 0 Å². The number of nitrogens with one attached hydrogen (secondary N) is 2. The Hall–Kier alpha value is -1.60. The molecule has 7 heteroatoms. The van der Waals surface area contributed by atoms with Gasteiger partial charge in [0.15, 0.2) is 0 Å². The van der Waals surface area contributed by atoms with Crippen LogP contribution in [-0.2, 0) is 14.8 Å². The van der Waals surface area contributed by atoms with Gasteiger partial charge in [0.1, 0.15) is 0 Å². The van der Waals surface area contributed by atoms with Crippen LogP contribution in [0.25, 0.3) is 0 Å². The summed E-state index contributed by atoms with van der Waals surface area (Å²) >= 11 is 0. The number of para-hydroxylation sites is 1. The Bertz CT molecular complexity index is 646. The first kappa shape index (κ1) is 17.7. The molecule has 0 aliphatic carbocycles. The molecule has 23 heavy (non-hydrogen) atoms. The van der Waals surface area contributed by atoms with Crippen molar-refractivity contribution in [3.63, 3.8) is 0 Å². The minimum atomic E-state index is -3.23. The van der Waals surface area contributed by atoms with E-state index in [1.807, 2.05) is 31.2 Å². The van der Waals surface area contributed by atoms with Crippen LogP contribution >= 0.6 is 0 Å². The van der Waals surface area contributed by atoms with Gasteiger partial charge in [0.2, 0.25) is 15.9 Å². The van der Waals surface area contributed by atoms with Crippen molar-refractivity contribution in [3.05, 3.63) is 29.8 Å². The molecule has 0 saturated carbocycles. The zero-order valence-corrected chi connectivity index (χ0v) is 14.5. The summed E-state index contributed by atoms with van der Waals surface area (Å²) in [6, 6.07) is 7.78. The Morgan fingerprint density at radius 1 is 1.35 bits per heavy atom. The van der Waals surface area contributed by atoms with Crippen LogP contribution in [0.1, 0.15) is 24.8 Å². The third-order valence-electron chi connectivity index (χ3n) is 3.95. The number of hydrogen-bond acceptors (Lipinski definition) is 4. The van der Waals surface area contributed by atoms with Crippen LogP contribution in [0.3, 0.4) is 0 Å². The quantitative estimate of drug-likeness (QED) is 0.820. The molecule has 0 bridgehead atoms. The first-order valence-corrected chi connectivity index (χ1v) is 9.79. The van der Waals surface area contributed by atoms with E-state index in [0.29, 0.717) is 26.1 Å². The molecule has 1 atom stereocenters. The molecule has 2 N–H and O–H groups in total. The van der Waals surface area contributed by atoms with Crippen molar-refractivity contribution < 1.29 is 13.2 Å². The first-order valence-electron chi connectivity index (χ1n) is 7.90. The topological polar surface area (TPSA) is 78.5 Å². The molecule has 1 fully saturated rings. The SMILES string of the molecule is Cc1ccccc1NCCC(=O)N1CCCC(NS(C)(=O)=O)C1. The second-order valence-corrected chi connectivity index (χ2v) is 7.84. The number of nitrogens with zero attached hydrogens (tertiary/aromatic N) is 1. The molecule has 6 nitrogen and oxygen atoms in total. The van der Waals surface area contributed by atoms with Gasteiger partial charge in [0.25, 0.3) is 0 Å². The molecule has 0 spiro atoms. The smallest absolute Gasteiger partial charge is 0.224 e. The van der Waals surface area contributed by atoms with E-state index in [0.717, 1.165) is 30.3 Å². The Kier molecular flexibility index (Phi) is 6.01. The molecule has 1 aliphatic heterocycles. The lowest BCUT2D eigenvalue weighted by molar-refractivity contribution is -0.132. The van der Waals surface area contributed by atoms with Gasteiger partial charge >= 0.3 is 0 Å². The molecule has 128 valence electrons. The molecule has 1 amide bonds. The van der Waals surface area contributed by atoms with E-state index in [9.17, 15) is 13.2 Å². The van der Waals surface area contributed by atoms with Gasteiger partial charge in [0, 0.05) is 37.8 Å². The van der Waals surface area contributed by atoms with Crippen LogP contribution in [0.2, 0.25) is 0 Å². The van der Waals surface area contributed by atoms with Crippen molar-refractivity contribution >= 4 is 21.6 Å². The second-order valence-electron chi connectivity index (χ2n) is 6.06. The molecule has 1 heterocycles. The predicted octanol–water partition coefficient (Wildman–Crippen LogP) is 1.34. The fourth-order valence-electron chi connectivity index (χ4n) is 2.84. The number of sulfonamides is 1. The number of piperidine rings is 1. The van der Waals surface area contributed by atoms with Crippen LogP contribution in [-0.4, -0.2) is 51.2 Å². The number of aryl methyl sites for hydroxylation is 1. The molecular formula is C16H25N3O3S. The Balaban J connectivity index is 1.80. The number of carbonyl (C=O) groups is 1. The largest absolute Gasteiger partial charge is 0.384 e. The Morgan fingerprint density at radius 2 is 2.09 bits per heavy atom. The van der Waals surface area contributed by atoms with Crippen molar-refractivity contribution in [1.82, 2.24) is 9.62 Å². The summed E-state index contributed by atoms with van der Waals surface area (Å²) in [4.78, 5) is 14.0. The van der Waals surface area contributed by atoms with Crippen molar-refractivity contribution in [1.29, 1.82) is 0 Å². The lowest BCUT2D eigenvalue weighted by Gasteiger charge is -2.32. The number of hydrogen-bond donors (Lipinski definition) is 2. The lowest BCUT2D eigenvalue weighted by Crippen LogP contribution is -2.49. The summed E-state index contributed by atoms with van der Waals surface area (Å²) in [5, 5.41) is 3.27. The molecule has 0 aromatic heterocycles. The molecule has 0 radical (unpaired) electrons. The van der Waals surface area contributed by atoms with Crippen LogP contribution in [0, 0.1) is 6.92 Å². The minimum Gasteiger partial charge on any atom is -0.384 e. The van der Waals surface area contributed by atoms with Crippen LogP contribution in [0.5, 0.6) is 0 Å². The fraction of sp³-hybridized carbons (Fsp3) is 0.562. The Morgan fingerprint density at radius 3 is 2.78 bits per heavy atom. The maximum Gasteiger partial charge on any atom is 0.224 e. The number of amides is 1. The number of carbonyl (C=O) groups excluding carboxylic acids is 1. The zero-order chi connectivity index (χ0) is 16.9.